The van der Waals surface area contributed by atoms with Gasteiger partial charge < -0.3 is 15.0 Å². The van der Waals surface area contributed by atoms with Crippen LogP contribution in [-0.2, 0) is 29.0 Å². The van der Waals surface area contributed by atoms with Crippen molar-refractivity contribution in [1.82, 2.24) is 15.1 Å². The number of amides is 1. The average Bonchev–Trinajstić information content (AvgIpc) is 3.56. The first-order valence-corrected chi connectivity index (χ1v) is 15.7. The Hall–Kier alpha value is -2.99. The summed E-state index contributed by atoms with van der Waals surface area (Å²) < 4.78 is 5.51. The molecule has 2 fully saturated rings. The normalized spacial score (nSPS) is 16.2. The number of nitrogens with one attached hydrogen (secondary N) is 1. The lowest BCUT2D eigenvalue weighted by atomic mass is 10.0. The minimum Gasteiger partial charge on any atom is -0.379 e. The van der Waals surface area contributed by atoms with E-state index in [0.29, 0.717) is 18.9 Å². The maximum Gasteiger partial charge on any atom is 0.222 e. The lowest BCUT2D eigenvalue weighted by molar-refractivity contribution is -0.132. The molecule has 3 aromatic carbocycles. The molecule has 3 aromatic rings. The van der Waals surface area contributed by atoms with Gasteiger partial charge in [-0.2, -0.15) is 0 Å². The van der Waals surface area contributed by atoms with Crippen molar-refractivity contribution in [3.05, 3.63) is 95.6 Å². The van der Waals surface area contributed by atoms with Crippen LogP contribution in [0.1, 0.15) is 55.2 Å². The summed E-state index contributed by atoms with van der Waals surface area (Å²) in [5, 5.41) is 3.56. The third-order valence-electron chi connectivity index (χ3n) is 8.76. The summed E-state index contributed by atoms with van der Waals surface area (Å²) in [5.74, 6) is 1.05. The van der Waals surface area contributed by atoms with E-state index >= 15 is 0 Å². The molecule has 0 bridgehead atoms. The largest absolute Gasteiger partial charge is 0.379 e. The summed E-state index contributed by atoms with van der Waals surface area (Å²) >= 11 is 0. The Bertz CT molecular complexity index is 1170. The monoisotopic (exact) mass is 553 g/mol. The molecule has 1 heterocycles. The van der Waals surface area contributed by atoms with Crippen LogP contribution in [0.2, 0.25) is 0 Å². The Morgan fingerprint density at radius 1 is 0.829 bits per heavy atom. The summed E-state index contributed by atoms with van der Waals surface area (Å²) in [7, 11) is 0. The minimum atomic E-state index is 0.308. The maximum absolute atomic E-state index is 13.3. The molecule has 0 aromatic heterocycles. The van der Waals surface area contributed by atoms with Crippen molar-refractivity contribution in [1.29, 1.82) is 0 Å². The van der Waals surface area contributed by atoms with Crippen molar-refractivity contribution in [2.24, 2.45) is 5.92 Å². The van der Waals surface area contributed by atoms with Gasteiger partial charge in [0.25, 0.3) is 0 Å². The van der Waals surface area contributed by atoms with E-state index in [-0.39, 0.29) is 0 Å². The zero-order valence-corrected chi connectivity index (χ0v) is 24.6. The van der Waals surface area contributed by atoms with Crippen molar-refractivity contribution in [3.63, 3.8) is 0 Å². The van der Waals surface area contributed by atoms with E-state index in [1.54, 1.807) is 0 Å². The predicted molar refractivity (Wildman–Crippen MR) is 168 cm³/mol. The predicted octanol–water partition coefficient (Wildman–Crippen LogP) is 6.32. The topological polar surface area (TPSA) is 44.8 Å². The van der Waals surface area contributed by atoms with E-state index in [1.165, 1.54) is 53.5 Å². The Balaban J connectivity index is 1.13. The van der Waals surface area contributed by atoms with E-state index < -0.39 is 0 Å². The van der Waals surface area contributed by atoms with Crippen LogP contribution >= 0.6 is 0 Å². The van der Waals surface area contributed by atoms with Crippen molar-refractivity contribution in [2.75, 3.05) is 45.9 Å². The Labute approximate surface area is 246 Å². The molecule has 1 saturated carbocycles. The van der Waals surface area contributed by atoms with E-state index in [1.807, 2.05) is 0 Å². The number of ether oxygens (including phenoxy) is 1. The first-order chi connectivity index (χ1) is 20.2. The van der Waals surface area contributed by atoms with Crippen LogP contribution in [0.3, 0.4) is 0 Å². The van der Waals surface area contributed by atoms with Gasteiger partial charge in [-0.3, -0.25) is 9.69 Å². The van der Waals surface area contributed by atoms with Gasteiger partial charge in [-0.25, -0.2) is 0 Å². The molecule has 5 nitrogen and oxygen atoms in total. The van der Waals surface area contributed by atoms with Crippen LogP contribution < -0.4 is 5.32 Å². The number of benzene rings is 3. The van der Waals surface area contributed by atoms with Gasteiger partial charge in [0.2, 0.25) is 5.91 Å². The molecule has 1 aliphatic heterocycles. The fourth-order valence-corrected chi connectivity index (χ4v) is 6.11. The molecule has 0 spiro atoms. The van der Waals surface area contributed by atoms with Gasteiger partial charge >= 0.3 is 0 Å². The van der Waals surface area contributed by atoms with Crippen LogP contribution in [-0.4, -0.2) is 61.6 Å². The molecule has 218 valence electrons. The van der Waals surface area contributed by atoms with Crippen molar-refractivity contribution in [3.8, 4) is 11.1 Å². The number of carbonyl (C=O) groups excluding carboxylic acids is 1. The van der Waals surface area contributed by atoms with Crippen LogP contribution in [0.25, 0.3) is 11.1 Å². The summed E-state index contributed by atoms with van der Waals surface area (Å²) in [6, 6.07) is 28.3. The number of rotatable bonds is 14. The molecule has 1 N–H and O–H groups in total. The summed E-state index contributed by atoms with van der Waals surface area (Å²) in [6.07, 6.45) is 8.04. The quantitative estimate of drug-likeness (QED) is 0.238. The van der Waals surface area contributed by atoms with Gasteiger partial charge in [-0.1, -0.05) is 105 Å². The van der Waals surface area contributed by atoms with Crippen molar-refractivity contribution in [2.45, 2.75) is 58.0 Å². The fraction of sp³-hybridized carbons (Fsp3) is 0.472. The Kier molecular flexibility index (Phi) is 11.4. The molecule has 5 rings (SSSR count). The summed E-state index contributed by atoms with van der Waals surface area (Å²) in [6.45, 7) is 7.74. The number of hydrogen-bond acceptors (Lipinski definition) is 4. The standard InChI is InChI=1S/C36H47N3O2/c40-36(19-14-30-8-4-5-9-30)39(23-22-38-24-26-41-27-25-38)29-33-12-17-35(18-13-33)34-15-10-32(11-16-34)28-37-21-20-31-6-2-1-3-7-31/h1-3,6-7,10-13,15-18,30,37H,4-5,8-9,14,19-29H2. The van der Waals surface area contributed by atoms with E-state index in [4.69, 9.17) is 4.74 Å². The Morgan fingerprint density at radius 3 is 2.17 bits per heavy atom. The molecule has 41 heavy (non-hydrogen) atoms. The first-order valence-electron chi connectivity index (χ1n) is 15.7. The molecule has 1 aliphatic carbocycles. The lowest BCUT2D eigenvalue weighted by Crippen LogP contribution is -2.42. The van der Waals surface area contributed by atoms with Crippen molar-refractivity contribution < 1.29 is 9.53 Å². The molecule has 0 atom stereocenters. The highest BCUT2D eigenvalue weighted by Gasteiger charge is 2.20. The SMILES string of the molecule is O=C(CCC1CCCC1)N(CCN1CCOCC1)Cc1ccc(-c2ccc(CNCCc3ccccc3)cc2)cc1. The van der Waals surface area contributed by atoms with Gasteiger partial charge in [0.1, 0.15) is 0 Å². The summed E-state index contributed by atoms with van der Waals surface area (Å²) in [4.78, 5) is 17.9. The number of morpholine rings is 1. The van der Waals surface area contributed by atoms with Crippen LogP contribution in [0.15, 0.2) is 78.9 Å². The number of carbonyl (C=O) groups is 1. The molecule has 2 aliphatic rings. The van der Waals surface area contributed by atoms with Crippen molar-refractivity contribution >= 4 is 5.91 Å². The smallest absolute Gasteiger partial charge is 0.222 e. The van der Waals surface area contributed by atoms with E-state index in [0.717, 1.165) is 71.2 Å². The zero-order valence-electron chi connectivity index (χ0n) is 24.6. The second kappa shape index (κ2) is 15.9. The molecular weight excluding hydrogens is 506 g/mol. The second-order valence-corrected chi connectivity index (χ2v) is 11.8. The zero-order chi connectivity index (χ0) is 28.1. The second-order valence-electron chi connectivity index (χ2n) is 11.8. The molecule has 1 saturated heterocycles. The average molecular weight is 554 g/mol. The third-order valence-corrected chi connectivity index (χ3v) is 8.76. The van der Waals surface area contributed by atoms with E-state index in [2.05, 4.69) is 94.0 Å². The Morgan fingerprint density at radius 2 is 1.49 bits per heavy atom. The number of hydrogen-bond donors (Lipinski definition) is 1. The third kappa shape index (κ3) is 9.53. The van der Waals surface area contributed by atoms with Gasteiger partial charge in [0, 0.05) is 45.7 Å². The van der Waals surface area contributed by atoms with Gasteiger partial charge in [0.15, 0.2) is 0 Å². The molecule has 0 radical (unpaired) electrons. The van der Waals surface area contributed by atoms with Crippen LogP contribution in [0.5, 0.6) is 0 Å². The van der Waals surface area contributed by atoms with Gasteiger partial charge in [-0.15, -0.1) is 0 Å². The van der Waals surface area contributed by atoms with Gasteiger partial charge in [-0.05, 0) is 53.1 Å². The minimum absolute atomic E-state index is 0.308. The number of nitrogens with zero attached hydrogens (tertiary/aromatic N) is 2. The highest BCUT2D eigenvalue weighted by atomic mass is 16.5. The highest BCUT2D eigenvalue weighted by Crippen LogP contribution is 2.29. The summed E-state index contributed by atoms with van der Waals surface area (Å²) in [5.41, 5.74) is 6.30. The molecule has 0 unspecified atom stereocenters. The van der Waals surface area contributed by atoms with Crippen LogP contribution in [0.4, 0.5) is 0 Å². The fourth-order valence-electron chi connectivity index (χ4n) is 6.11. The van der Waals surface area contributed by atoms with E-state index in [9.17, 15) is 4.79 Å². The molecule has 5 heteroatoms. The lowest BCUT2D eigenvalue weighted by Gasteiger charge is -2.30. The maximum atomic E-state index is 13.3. The van der Waals surface area contributed by atoms with Gasteiger partial charge in [0.05, 0.1) is 13.2 Å². The molecular formula is C36H47N3O2. The highest BCUT2D eigenvalue weighted by molar-refractivity contribution is 5.76. The van der Waals surface area contributed by atoms with Crippen LogP contribution in [0, 0.1) is 5.92 Å². The first kappa shape index (κ1) is 29.5. The molecule has 1 amide bonds.